The fourth-order valence-corrected chi connectivity index (χ4v) is 1.86. The number of nitrogens with one attached hydrogen (secondary N) is 2. The molecule has 2 rings (SSSR count). The standard InChI is InChI=1S/C16H16N2O2/c1-12(19)17-15(13-8-4-2-5-9-13)18-16(20)14-10-6-3-7-11-14/h2-11,15H,1H3,(H,17,19)(H,18,20). The van der Waals surface area contributed by atoms with Crippen molar-refractivity contribution < 1.29 is 9.59 Å². The van der Waals surface area contributed by atoms with Gasteiger partial charge >= 0.3 is 0 Å². The SMILES string of the molecule is CC(=O)NC(NC(=O)c1ccccc1)c1ccccc1. The first-order valence-electron chi connectivity index (χ1n) is 6.35. The molecule has 0 aliphatic carbocycles. The van der Waals surface area contributed by atoms with Crippen molar-refractivity contribution in [2.45, 2.75) is 13.1 Å². The average Bonchev–Trinajstić information content (AvgIpc) is 2.48. The van der Waals surface area contributed by atoms with Gasteiger partial charge in [0.05, 0.1) is 0 Å². The summed E-state index contributed by atoms with van der Waals surface area (Å²) in [4.78, 5) is 23.4. The lowest BCUT2D eigenvalue weighted by Crippen LogP contribution is -2.40. The van der Waals surface area contributed by atoms with Crippen molar-refractivity contribution in [3.63, 3.8) is 0 Å². The Balaban J connectivity index is 2.16. The Kier molecular flexibility index (Phi) is 4.50. The zero-order valence-corrected chi connectivity index (χ0v) is 11.2. The van der Waals surface area contributed by atoms with Crippen LogP contribution in [0.15, 0.2) is 60.7 Å². The van der Waals surface area contributed by atoms with Crippen molar-refractivity contribution in [2.24, 2.45) is 0 Å². The third-order valence-electron chi connectivity index (χ3n) is 2.79. The Labute approximate surface area is 117 Å². The van der Waals surface area contributed by atoms with Gasteiger partial charge in [0.15, 0.2) is 0 Å². The van der Waals surface area contributed by atoms with Gasteiger partial charge in [-0.25, -0.2) is 0 Å². The lowest BCUT2D eigenvalue weighted by molar-refractivity contribution is -0.119. The first-order valence-corrected chi connectivity index (χ1v) is 6.35. The summed E-state index contributed by atoms with van der Waals surface area (Å²) < 4.78 is 0. The van der Waals surface area contributed by atoms with Crippen LogP contribution in [0.2, 0.25) is 0 Å². The van der Waals surface area contributed by atoms with Gasteiger partial charge in [-0.05, 0) is 17.7 Å². The van der Waals surface area contributed by atoms with Gasteiger partial charge in [-0.2, -0.15) is 0 Å². The number of hydrogen-bond acceptors (Lipinski definition) is 2. The van der Waals surface area contributed by atoms with E-state index >= 15 is 0 Å². The molecule has 0 bridgehead atoms. The van der Waals surface area contributed by atoms with Crippen LogP contribution in [0.25, 0.3) is 0 Å². The average molecular weight is 268 g/mol. The minimum atomic E-state index is -0.540. The lowest BCUT2D eigenvalue weighted by Gasteiger charge is -2.20. The first-order chi connectivity index (χ1) is 9.66. The summed E-state index contributed by atoms with van der Waals surface area (Å²) in [5, 5.41) is 5.54. The van der Waals surface area contributed by atoms with Crippen molar-refractivity contribution in [1.82, 2.24) is 10.6 Å². The summed E-state index contributed by atoms with van der Waals surface area (Å²) in [6.07, 6.45) is -0.540. The second-order valence-corrected chi connectivity index (χ2v) is 4.38. The van der Waals surface area contributed by atoms with E-state index in [4.69, 9.17) is 0 Å². The molecule has 20 heavy (non-hydrogen) atoms. The molecule has 0 saturated carbocycles. The van der Waals surface area contributed by atoms with Crippen LogP contribution in [0.1, 0.15) is 29.0 Å². The topological polar surface area (TPSA) is 58.2 Å². The van der Waals surface area contributed by atoms with Crippen molar-refractivity contribution >= 4 is 11.8 Å². The maximum Gasteiger partial charge on any atom is 0.253 e. The van der Waals surface area contributed by atoms with Crippen LogP contribution in [0.3, 0.4) is 0 Å². The molecule has 102 valence electrons. The Morgan fingerprint density at radius 1 is 0.850 bits per heavy atom. The van der Waals surface area contributed by atoms with Crippen molar-refractivity contribution in [2.75, 3.05) is 0 Å². The van der Waals surface area contributed by atoms with E-state index in [9.17, 15) is 9.59 Å². The minimum Gasteiger partial charge on any atom is -0.332 e. The number of benzene rings is 2. The van der Waals surface area contributed by atoms with E-state index in [0.717, 1.165) is 5.56 Å². The zero-order valence-electron chi connectivity index (χ0n) is 11.2. The highest BCUT2D eigenvalue weighted by molar-refractivity contribution is 5.94. The van der Waals surface area contributed by atoms with Crippen molar-refractivity contribution in [1.29, 1.82) is 0 Å². The summed E-state index contributed by atoms with van der Waals surface area (Å²) >= 11 is 0. The van der Waals surface area contributed by atoms with Gasteiger partial charge in [0.1, 0.15) is 6.17 Å². The molecule has 4 heteroatoms. The van der Waals surface area contributed by atoms with Crippen LogP contribution in [0.4, 0.5) is 0 Å². The van der Waals surface area contributed by atoms with E-state index < -0.39 is 6.17 Å². The molecular weight excluding hydrogens is 252 g/mol. The monoisotopic (exact) mass is 268 g/mol. The van der Waals surface area contributed by atoms with E-state index in [-0.39, 0.29) is 11.8 Å². The Morgan fingerprint density at radius 2 is 1.40 bits per heavy atom. The van der Waals surface area contributed by atoms with Crippen LogP contribution in [0, 0.1) is 0 Å². The lowest BCUT2D eigenvalue weighted by atomic mass is 10.1. The van der Waals surface area contributed by atoms with E-state index in [1.807, 2.05) is 36.4 Å². The molecule has 0 saturated heterocycles. The van der Waals surface area contributed by atoms with Gasteiger partial charge in [-0.1, -0.05) is 48.5 Å². The smallest absolute Gasteiger partial charge is 0.253 e. The molecule has 0 aromatic heterocycles. The molecule has 0 radical (unpaired) electrons. The van der Waals surface area contributed by atoms with Crippen LogP contribution < -0.4 is 10.6 Å². The van der Waals surface area contributed by atoms with E-state index in [1.54, 1.807) is 24.3 Å². The highest BCUT2D eigenvalue weighted by atomic mass is 16.2. The molecule has 0 spiro atoms. The minimum absolute atomic E-state index is 0.202. The molecule has 0 aliphatic rings. The predicted octanol–water partition coefficient (Wildman–Crippen LogP) is 2.25. The number of carbonyl (C=O) groups is 2. The summed E-state index contributed by atoms with van der Waals surface area (Å²) in [7, 11) is 0. The molecule has 0 heterocycles. The highest BCUT2D eigenvalue weighted by Gasteiger charge is 2.15. The highest BCUT2D eigenvalue weighted by Crippen LogP contribution is 2.10. The number of rotatable bonds is 4. The number of carbonyl (C=O) groups excluding carboxylic acids is 2. The molecule has 2 aromatic rings. The normalized spacial score (nSPS) is 11.4. The molecule has 2 N–H and O–H groups in total. The van der Waals surface area contributed by atoms with Gasteiger partial charge < -0.3 is 10.6 Å². The van der Waals surface area contributed by atoms with E-state index in [2.05, 4.69) is 10.6 Å². The molecular formula is C16H16N2O2. The second-order valence-electron chi connectivity index (χ2n) is 4.38. The summed E-state index contributed by atoms with van der Waals surface area (Å²) in [6.45, 7) is 1.42. The summed E-state index contributed by atoms with van der Waals surface area (Å²) in [5.74, 6) is -0.430. The van der Waals surface area contributed by atoms with E-state index in [1.165, 1.54) is 6.92 Å². The number of amides is 2. The molecule has 0 fully saturated rings. The van der Waals surface area contributed by atoms with Crippen LogP contribution in [-0.2, 0) is 4.79 Å². The van der Waals surface area contributed by atoms with Crippen molar-refractivity contribution in [3.8, 4) is 0 Å². The number of hydrogen-bond donors (Lipinski definition) is 2. The van der Waals surface area contributed by atoms with Gasteiger partial charge in [0.2, 0.25) is 5.91 Å². The van der Waals surface area contributed by atoms with Crippen molar-refractivity contribution in [3.05, 3.63) is 71.8 Å². The van der Waals surface area contributed by atoms with Gasteiger partial charge in [-0.3, -0.25) is 9.59 Å². The van der Waals surface area contributed by atoms with Crippen LogP contribution in [0.5, 0.6) is 0 Å². The Morgan fingerprint density at radius 3 is 1.95 bits per heavy atom. The largest absolute Gasteiger partial charge is 0.332 e. The molecule has 2 amide bonds. The molecule has 1 atom stereocenters. The quantitative estimate of drug-likeness (QED) is 0.836. The zero-order chi connectivity index (χ0) is 14.4. The van der Waals surface area contributed by atoms with E-state index in [0.29, 0.717) is 5.56 Å². The van der Waals surface area contributed by atoms with Gasteiger partial charge in [-0.15, -0.1) is 0 Å². The maximum absolute atomic E-state index is 12.1. The Bertz CT molecular complexity index is 582. The van der Waals surface area contributed by atoms with Crippen LogP contribution in [-0.4, -0.2) is 11.8 Å². The third kappa shape index (κ3) is 3.68. The van der Waals surface area contributed by atoms with Gasteiger partial charge in [0.25, 0.3) is 5.91 Å². The fraction of sp³-hybridized carbons (Fsp3) is 0.125. The molecule has 1 unspecified atom stereocenters. The molecule has 4 nitrogen and oxygen atoms in total. The first kappa shape index (κ1) is 13.8. The maximum atomic E-state index is 12.1. The second kappa shape index (κ2) is 6.52. The summed E-state index contributed by atoms with van der Waals surface area (Å²) in [6, 6.07) is 18.2. The van der Waals surface area contributed by atoms with Crippen LogP contribution >= 0.6 is 0 Å². The van der Waals surface area contributed by atoms with Gasteiger partial charge in [0, 0.05) is 12.5 Å². The Hall–Kier alpha value is -2.62. The molecule has 0 aliphatic heterocycles. The molecule has 2 aromatic carbocycles. The predicted molar refractivity (Wildman–Crippen MR) is 76.9 cm³/mol. The third-order valence-corrected chi connectivity index (χ3v) is 2.79. The summed E-state index contributed by atoms with van der Waals surface area (Å²) in [5.41, 5.74) is 1.38. The fourth-order valence-electron chi connectivity index (χ4n) is 1.86.